The first-order chi connectivity index (χ1) is 10.6. The Bertz CT molecular complexity index is 666. The van der Waals surface area contributed by atoms with Crippen LogP contribution in [0.15, 0.2) is 71.7 Å². The van der Waals surface area contributed by atoms with Crippen LogP contribution in [0.25, 0.3) is 6.08 Å². The van der Waals surface area contributed by atoms with Crippen LogP contribution >= 0.6 is 0 Å². The van der Waals surface area contributed by atoms with Crippen LogP contribution in [0, 0.1) is 5.41 Å². The van der Waals surface area contributed by atoms with Crippen LogP contribution in [0.2, 0.25) is 0 Å². The third-order valence-electron chi connectivity index (χ3n) is 4.44. The quantitative estimate of drug-likeness (QED) is 0.716. The van der Waals surface area contributed by atoms with E-state index >= 15 is 0 Å². The molecule has 0 aliphatic carbocycles. The topological polar surface area (TPSA) is 12.4 Å². The Kier molecular flexibility index (Phi) is 4.24. The van der Waals surface area contributed by atoms with Gasteiger partial charge in [-0.3, -0.25) is 4.99 Å². The molecule has 1 unspecified atom stereocenters. The maximum Gasteiger partial charge on any atom is 0.0592 e. The van der Waals surface area contributed by atoms with Crippen molar-refractivity contribution in [2.75, 3.05) is 0 Å². The van der Waals surface area contributed by atoms with E-state index in [-0.39, 0.29) is 5.41 Å². The van der Waals surface area contributed by atoms with Gasteiger partial charge in [-0.05, 0) is 24.0 Å². The lowest BCUT2D eigenvalue weighted by Gasteiger charge is -2.25. The molecular weight excluding hydrogens is 266 g/mol. The van der Waals surface area contributed by atoms with Crippen LogP contribution in [-0.4, -0.2) is 11.8 Å². The number of nitrogens with zero attached hydrogens (tertiary/aromatic N) is 1. The van der Waals surface area contributed by atoms with Gasteiger partial charge < -0.3 is 0 Å². The fourth-order valence-corrected chi connectivity index (χ4v) is 2.96. The molecule has 0 saturated carbocycles. The average molecular weight is 289 g/mol. The molecule has 0 fully saturated rings. The number of hydrogen-bond donors (Lipinski definition) is 0. The summed E-state index contributed by atoms with van der Waals surface area (Å²) in [5.74, 6) is 0. The molecule has 22 heavy (non-hydrogen) atoms. The third kappa shape index (κ3) is 3.36. The number of aliphatic imine (C=N–C) groups is 1. The highest BCUT2D eigenvalue weighted by molar-refractivity contribution is 6.01. The van der Waals surface area contributed by atoms with Crippen LogP contribution < -0.4 is 0 Å². The first-order valence-corrected chi connectivity index (χ1v) is 8.01. The normalized spacial score (nSPS) is 18.6. The minimum atomic E-state index is 0.0758. The van der Waals surface area contributed by atoms with Crippen molar-refractivity contribution in [1.82, 2.24) is 0 Å². The Morgan fingerprint density at radius 2 is 1.59 bits per heavy atom. The molecule has 0 bridgehead atoms. The molecule has 1 aliphatic rings. The second-order valence-electron chi connectivity index (χ2n) is 6.56. The maximum absolute atomic E-state index is 5.01. The summed E-state index contributed by atoms with van der Waals surface area (Å²) >= 11 is 0. The van der Waals surface area contributed by atoms with Crippen molar-refractivity contribution in [3.05, 3.63) is 77.9 Å². The number of benzene rings is 2. The fraction of sp³-hybridized carbons (Fsp3) is 0.286. The lowest BCUT2D eigenvalue weighted by atomic mass is 9.82. The molecule has 0 aromatic heterocycles. The van der Waals surface area contributed by atoms with Gasteiger partial charge in [-0.25, -0.2) is 0 Å². The van der Waals surface area contributed by atoms with Gasteiger partial charge in [-0.2, -0.15) is 0 Å². The molecule has 1 aliphatic heterocycles. The Labute approximate surface area is 133 Å². The van der Waals surface area contributed by atoms with Gasteiger partial charge >= 0.3 is 0 Å². The van der Waals surface area contributed by atoms with Gasteiger partial charge in [-0.15, -0.1) is 0 Å². The van der Waals surface area contributed by atoms with Crippen molar-refractivity contribution in [3.8, 4) is 0 Å². The molecule has 0 amide bonds. The highest BCUT2D eigenvalue weighted by atomic mass is 14.9. The van der Waals surface area contributed by atoms with E-state index in [1.807, 2.05) is 0 Å². The van der Waals surface area contributed by atoms with E-state index in [2.05, 4.69) is 86.7 Å². The second-order valence-corrected chi connectivity index (χ2v) is 6.56. The predicted molar refractivity (Wildman–Crippen MR) is 95.3 cm³/mol. The van der Waals surface area contributed by atoms with E-state index < -0.39 is 0 Å². The summed E-state index contributed by atoms with van der Waals surface area (Å²) in [5.41, 5.74) is 3.85. The van der Waals surface area contributed by atoms with Gasteiger partial charge in [0.25, 0.3) is 0 Å². The highest BCUT2D eigenvalue weighted by Gasteiger charge is 2.30. The van der Waals surface area contributed by atoms with E-state index in [0.29, 0.717) is 6.04 Å². The second kappa shape index (κ2) is 6.31. The zero-order valence-corrected chi connectivity index (χ0v) is 13.4. The summed E-state index contributed by atoms with van der Waals surface area (Å²) in [6.45, 7) is 4.57. The van der Waals surface area contributed by atoms with Crippen molar-refractivity contribution in [1.29, 1.82) is 0 Å². The lowest BCUT2D eigenvalue weighted by molar-refractivity contribution is 0.374. The van der Waals surface area contributed by atoms with Crippen LogP contribution in [0.3, 0.4) is 0 Å². The van der Waals surface area contributed by atoms with Crippen LogP contribution in [-0.2, 0) is 0 Å². The van der Waals surface area contributed by atoms with Gasteiger partial charge in [0.15, 0.2) is 0 Å². The molecule has 1 heteroatoms. The summed E-state index contributed by atoms with van der Waals surface area (Å²) in [7, 11) is 0. The molecule has 1 nitrogen and oxygen atoms in total. The van der Waals surface area contributed by atoms with Gasteiger partial charge in [-0.1, -0.05) is 86.7 Å². The van der Waals surface area contributed by atoms with Gasteiger partial charge in [0.05, 0.1) is 6.04 Å². The van der Waals surface area contributed by atoms with Crippen LogP contribution in [0.5, 0.6) is 0 Å². The summed E-state index contributed by atoms with van der Waals surface area (Å²) in [5, 5.41) is 0. The minimum Gasteiger partial charge on any atom is -0.285 e. The van der Waals surface area contributed by atoms with Crippen molar-refractivity contribution >= 4 is 11.8 Å². The fourth-order valence-electron chi connectivity index (χ4n) is 2.96. The highest BCUT2D eigenvalue weighted by Crippen LogP contribution is 2.34. The lowest BCUT2D eigenvalue weighted by Crippen LogP contribution is -2.23. The zero-order chi connectivity index (χ0) is 15.4. The smallest absolute Gasteiger partial charge is 0.0592 e. The number of rotatable bonds is 4. The molecule has 2 aromatic rings. The van der Waals surface area contributed by atoms with Crippen molar-refractivity contribution in [2.24, 2.45) is 10.4 Å². The third-order valence-corrected chi connectivity index (χ3v) is 4.44. The SMILES string of the molecule is CC(C)(/C=C/c1ccccc1)C1CCC(c2ccccc2)=N1. The van der Waals surface area contributed by atoms with E-state index in [1.165, 1.54) is 16.8 Å². The first-order valence-electron chi connectivity index (χ1n) is 8.01. The minimum absolute atomic E-state index is 0.0758. The molecule has 1 atom stereocenters. The standard InChI is InChI=1S/C21H23N/c1-21(2,16-15-17-9-5-3-6-10-17)20-14-13-19(22-20)18-11-7-4-8-12-18/h3-12,15-16,20H,13-14H2,1-2H3/b16-15+. The Balaban J connectivity index is 1.76. The largest absolute Gasteiger partial charge is 0.285 e. The Morgan fingerprint density at radius 3 is 2.27 bits per heavy atom. The van der Waals surface area contributed by atoms with Crippen LogP contribution in [0.1, 0.15) is 37.8 Å². The van der Waals surface area contributed by atoms with Gasteiger partial charge in [0.1, 0.15) is 0 Å². The monoisotopic (exact) mass is 289 g/mol. The van der Waals surface area contributed by atoms with E-state index in [4.69, 9.17) is 4.99 Å². The molecule has 1 heterocycles. The van der Waals surface area contributed by atoms with Gasteiger partial charge in [0.2, 0.25) is 0 Å². The average Bonchev–Trinajstić information content (AvgIpc) is 3.06. The Hall–Kier alpha value is -2.15. The van der Waals surface area contributed by atoms with Gasteiger partial charge in [0, 0.05) is 11.1 Å². The molecular formula is C21H23N. The van der Waals surface area contributed by atoms with E-state index in [1.54, 1.807) is 0 Å². The summed E-state index contributed by atoms with van der Waals surface area (Å²) in [6.07, 6.45) is 6.74. The summed E-state index contributed by atoms with van der Waals surface area (Å²) in [4.78, 5) is 5.01. The maximum atomic E-state index is 5.01. The molecule has 3 rings (SSSR count). The molecule has 2 aromatic carbocycles. The molecule has 0 spiro atoms. The molecule has 0 radical (unpaired) electrons. The summed E-state index contributed by atoms with van der Waals surface area (Å²) < 4.78 is 0. The number of hydrogen-bond acceptors (Lipinski definition) is 1. The summed E-state index contributed by atoms with van der Waals surface area (Å²) in [6, 6.07) is 21.4. The van der Waals surface area contributed by atoms with E-state index in [9.17, 15) is 0 Å². The van der Waals surface area contributed by atoms with E-state index in [0.717, 1.165) is 12.8 Å². The first kappa shape index (κ1) is 14.8. The van der Waals surface area contributed by atoms with Crippen molar-refractivity contribution < 1.29 is 0 Å². The molecule has 0 saturated heterocycles. The van der Waals surface area contributed by atoms with Crippen molar-refractivity contribution in [3.63, 3.8) is 0 Å². The Morgan fingerprint density at radius 1 is 0.955 bits per heavy atom. The predicted octanol–water partition coefficient (Wildman–Crippen LogP) is 5.38. The van der Waals surface area contributed by atoms with Crippen LogP contribution in [0.4, 0.5) is 0 Å². The van der Waals surface area contributed by atoms with Crippen molar-refractivity contribution in [2.45, 2.75) is 32.7 Å². The zero-order valence-electron chi connectivity index (χ0n) is 13.4. The molecule has 0 N–H and O–H groups in total. The molecule has 112 valence electrons.